The van der Waals surface area contributed by atoms with E-state index in [1.807, 2.05) is 0 Å². The third-order valence-electron chi connectivity index (χ3n) is 1.08. The van der Waals surface area contributed by atoms with Crippen molar-refractivity contribution in [2.24, 2.45) is 0 Å². The van der Waals surface area contributed by atoms with Crippen molar-refractivity contribution in [2.75, 3.05) is 0 Å². The summed E-state index contributed by atoms with van der Waals surface area (Å²) >= 11 is 9.46. The second kappa shape index (κ2) is 3.41. The number of hydrogen-bond acceptors (Lipinski definition) is 1. The molecule has 0 atom stereocenters. The van der Waals surface area contributed by atoms with Crippen LogP contribution in [0.4, 0.5) is 8.78 Å². The first-order valence-electron chi connectivity index (χ1n) is 2.56. The zero-order valence-electron chi connectivity index (χ0n) is 5.04. The molecule has 0 unspecified atom stereocenters. The second-order valence-corrected chi connectivity index (χ2v) is 3.89. The summed E-state index contributed by atoms with van der Waals surface area (Å²) in [5, 5.41) is 0. The van der Waals surface area contributed by atoms with Gasteiger partial charge in [0.2, 0.25) is 0 Å². The molecule has 0 bridgehead atoms. The first-order chi connectivity index (χ1) is 5.04. The maximum absolute atomic E-state index is 12.9. The van der Waals surface area contributed by atoms with Gasteiger partial charge in [0.1, 0.15) is 5.82 Å². The van der Waals surface area contributed by atoms with E-state index in [0.29, 0.717) is 0 Å². The van der Waals surface area contributed by atoms with Crippen molar-refractivity contribution in [1.29, 1.82) is 0 Å². The van der Waals surface area contributed by atoms with E-state index < -0.39 is 11.6 Å². The van der Waals surface area contributed by atoms with Gasteiger partial charge in [0.15, 0.2) is 5.82 Å². The molecular formula is C6H2Br2F2S. The molecule has 11 heavy (non-hydrogen) atoms. The van der Waals surface area contributed by atoms with Gasteiger partial charge in [-0.25, -0.2) is 8.78 Å². The summed E-state index contributed by atoms with van der Waals surface area (Å²) in [5.41, 5.74) is 0. The third kappa shape index (κ3) is 1.76. The van der Waals surface area contributed by atoms with Gasteiger partial charge in [-0.05, 0) is 37.9 Å². The van der Waals surface area contributed by atoms with Gasteiger partial charge in [0, 0.05) is 4.90 Å². The SMILES string of the molecule is Fc1cc(S)c(F)c(Br)c1Br. The number of benzene rings is 1. The molecule has 1 rings (SSSR count). The molecule has 0 fully saturated rings. The summed E-state index contributed by atoms with van der Waals surface area (Å²) < 4.78 is 25.7. The summed E-state index contributed by atoms with van der Waals surface area (Å²) in [5.74, 6) is -1.11. The zero-order valence-corrected chi connectivity index (χ0v) is 9.10. The largest absolute Gasteiger partial charge is 0.206 e. The van der Waals surface area contributed by atoms with Crippen molar-refractivity contribution >= 4 is 44.5 Å². The van der Waals surface area contributed by atoms with Gasteiger partial charge in [0.25, 0.3) is 0 Å². The van der Waals surface area contributed by atoms with Crippen molar-refractivity contribution in [3.8, 4) is 0 Å². The number of hydrogen-bond donors (Lipinski definition) is 1. The van der Waals surface area contributed by atoms with Crippen LogP contribution in [0.3, 0.4) is 0 Å². The Bertz CT molecular complexity index is 275. The number of rotatable bonds is 0. The topological polar surface area (TPSA) is 0 Å². The Morgan fingerprint density at radius 1 is 1.18 bits per heavy atom. The first-order valence-corrected chi connectivity index (χ1v) is 4.59. The van der Waals surface area contributed by atoms with Crippen molar-refractivity contribution in [3.05, 3.63) is 26.6 Å². The van der Waals surface area contributed by atoms with Crippen LogP contribution in [0.5, 0.6) is 0 Å². The van der Waals surface area contributed by atoms with Crippen LogP contribution >= 0.6 is 44.5 Å². The van der Waals surface area contributed by atoms with Crippen LogP contribution in [-0.2, 0) is 0 Å². The van der Waals surface area contributed by atoms with Crippen molar-refractivity contribution in [3.63, 3.8) is 0 Å². The van der Waals surface area contributed by atoms with E-state index in [1.54, 1.807) is 0 Å². The average molecular weight is 304 g/mol. The van der Waals surface area contributed by atoms with E-state index in [0.717, 1.165) is 6.07 Å². The minimum absolute atomic E-state index is 0.0161. The molecule has 0 aliphatic heterocycles. The van der Waals surface area contributed by atoms with Gasteiger partial charge in [-0.15, -0.1) is 12.6 Å². The molecule has 0 radical (unpaired) electrons. The molecule has 60 valence electrons. The van der Waals surface area contributed by atoms with Crippen LogP contribution in [-0.4, -0.2) is 0 Å². The van der Waals surface area contributed by atoms with Gasteiger partial charge >= 0.3 is 0 Å². The molecule has 1 aromatic rings. The molecule has 0 aliphatic carbocycles. The van der Waals surface area contributed by atoms with Gasteiger partial charge in [-0.2, -0.15) is 0 Å². The molecular weight excluding hydrogens is 302 g/mol. The van der Waals surface area contributed by atoms with Crippen LogP contribution in [0.2, 0.25) is 0 Å². The van der Waals surface area contributed by atoms with Crippen molar-refractivity contribution in [1.82, 2.24) is 0 Å². The van der Waals surface area contributed by atoms with Gasteiger partial charge in [0.05, 0.1) is 8.95 Å². The zero-order chi connectivity index (χ0) is 8.59. The van der Waals surface area contributed by atoms with Crippen LogP contribution < -0.4 is 0 Å². The summed E-state index contributed by atoms with van der Waals surface area (Å²) in [4.78, 5) is -0.0161. The predicted octanol–water partition coefficient (Wildman–Crippen LogP) is 3.78. The minimum atomic E-state index is -0.568. The lowest BCUT2D eigenvalue weighted by Gasteiger charge is -2.01. The predicted molar refractivity (Wildman–Crippen MR) is 49.0 cm³/mol. The fourth-order valence-electron chi connectivity index (χ4n) is 0.560. The first kappa shape index (κ1) is 9.48. The van der Waals surface area contributed by atoms with E-state index >= 15 is 0 Å². The van der Waals surface area contributed by atoms with Crippen LogP contribution in [0.25, 0.3) is 0 Å². The Kier molecular flexibility index (Phi) is 2.94. The molecule has 0 saturated heterocycles. The minimum Gasteiger partial charge on any atom is -0.206 e. The molecule has 5 heteroatoms. The highest BCUT2D eigenvalue weighted by Gasteiger charge is 2.12. The summed E-state index contributed by atoms with van der Waals surface area (Å²) in [6, 6.07) is 1.01. The molecule has 0 heterocycles. The Hall–Kier alpha value is 0.390. The Balaban J connectivity index is 3.46. The normalized spacial score (nSPS) is 10.3. The molecule has 0 saturated carbocycles. The Morgan fingerprint density at radius 3 is 2.27 bits per heavy atom. The fourth-order valence-corrected chi connectivity index (χ4v) is 1.63. The van der Waals surface area contributed by atoms with Crippen molar-refractivity contribution < 1.29 is 8.78 Å². The lowest BCUT2D eigenvalue weighted by Crippen LogP contribution is -1.86. The Labute approximate surface area is 84.7 Å². The standard InChI is InChI=1S/C6H2Br2F2S/c7-4-2(9)1-3(11)6(10)5(4)8/h1,11H. The quantitative estimate of drug-likeness (QED) is 0.421. The average Bonchev–Trinajstić information content (AvgIpc) is 1.97. The lowest BCUT2D eigenvalue weighted by atomic mass is 10.3. The smallest absolute Gasteiger partial charge is 0.152 e. The van der Waals surface area contributed by atoms with Crippen LogP contribution in [0.15, 0.2) is 19.9 Å². The van der Waals surface area contributed by atoms with E-state index in [4.69, 9.17) is 0 Å². The highest BCUT2D eigenvalue weighted by molar-refractivity contribution is 9.13. The summed E-state index contributed by atoms with van der Waals surface area (Å²) in [6.45, 7) is 0. The monoisotopic (exact) mass is 302 g/mol. The van der Waals surface area contributed by atoms with Gasteiger partial charge in [-0.3, -0.25) is 0 Å². The van der Waals surface area contributed by atoms with E-state index in [2.05, 4.69) is 44.5 Å². The molecule has 0 spiro atoms. The lowest BCUT2D eigenvalue weighted by molar-refractivity contribution is 0.566. The number of thiol groups is 1. The maximum Gasteiger partial charge on any atom is 0.152 e. The van der Waals surface area contributed by atoms with E-state index in [9.17, 15) is 8.78 Å². The highest BCUT2D eigenvalue weighted by Crippen LogP contribution is 2.32. The molecule has 1 aromatic carbocycles. The third-order valence-corrected chi connectivity index (χ3v) is 3.46. The van der Waals surface area contributed by atoms with Crippen molar-refractivity contribution in [2.45, 2.75) is 4.90 Å². The molecule has 0 nitrogen and oxygen atoms in total. The molecule has 0 amide bonds. The fraction of sp³-hybridized carbons (Fsp3) is 0. The van der Waals surface area contributed by atoms with Gasteiger partial charge in [-0.1, -0.05) is 0 Å². The van der Waals surface area contributed by atoms with Crippen LogP contribution in [0, 0.1) is 11.6 Å². The molecule has 0 aromatic heterocycles. The second-order valence-electron chi connectivity index (χ2n) is 1.82. The molecule has 0 aliphatic rings. The summed E-state index contributed by atoms with van der Waals surface area (Å²) in [6.07, 6.45) is 0. The highest BCUT2D eigenvalue weighted by atomic mass is 79.9. The van der Waals surface area contributed by atoms with Gasteiger partial charge < -0.3 is 0 Å². The van der Waals surface area contributed by atoms with Crippen LogP contribution in [0.1, 0.15) is 0 Å². The summed E-state index contributed by atoms with van der Waals surface area (Å²) in [7, 11) is 0. The van der Waals surface area contributed by atoms with E-state index in [1.165, 1.54) is 0 Å². The maximum atomic E-state index is 12.9. The number of halogens is 4. The van der Waals surface area contributed by atoms with E-state index in [-0.39, 0.29) is 13.8 Å². The Morgan fingerprint density at radius 2 is 1.73 bits per heavy atom. The molecule has 0 N–H and O–H groups in total.